The van der Waals surface area contributed by atoms with Crippen LogP contribution < -0.4 is 5.32 Å². The average Bonchev–Trinajstić information content (AvgIpc) is 2.18. The van der Waals surface area contributed by atoms with Crippen LogP contribution in [0, 0.1) is 5.41 Å². The van der Waals surface area contributed by atoms with Gasteiger partial charge in [0.25, 0.3) is 0 Å². The van der Waals surface area contributed by atoms with Crippen molar-refractivity contribution >= 4 is 7.82 Å². The minimum absolute atomic E-state index is 0.360. The summed E-state index contributed by atoms with van der Waals surface area (Å²) in [5.74, 6) is 0. The fourth-order valence-electron chi connectivity index (χ4n) is 1.34. The van der Waals surface area contributed by atoms with Crippen molar-refractivity contribution in [1.82, 2.24) is 5.32 Å². The van der Waals surface area contributed by atoms with Gasteiger partial charge in [-0.2, -0.15) is 26.3 Å². The van der Waals surface area contributed by atoms with Crippen LogP contribution in [0.4, 0.5) is 26.3 Å². The predicted octanol–water partition coefficient (Wildman–Crippen LogP) is 2.97. The third kappa shape index (κ3) is 17.7. The van der Waals surface area contributed by atoms with Crippen LogP contribution in [-0.2, 0) is 4.57 Å². The Labute approximate surface area is 124 Å². The molecule has 0 heterocycles. The lowest BCUT2D eigenvalue weighted by Crippen LogP contribution is -2.47. The van der Waals surface area contributed by atoms with Crippen molar-refractivity contribution < 1.29 is 45.6 Å². The number of nitrogens with one attached hydrogen (secondary N) is 1. The Kier molecular flexibility index (Phi) is 9.22. The number of rotatable bonds is 5. The van der Waals surface area contributed by atoms with Crippen LogP contribution in [0.3, 0.4) is 0 Å². The molecule has 0 aliphatic heterocycles. The monoisotopic (exact) mass is 363 g/mol. The predicted molar refractivity (Wildman–Crippen MR) is 66.9 cm³/mol. The van der Waals surface area contributed by atoms with E-state index in [9.17, 15) is 26.3 Å². The van der Waals surface area contributed by atoms with Gasteiger partial charge in [-0.25, -0.2) is 4.57 Å². The van der Waals surface area contributed by atoms with Crippen LogP contribution in [0.15, 0.2) is 0 Å². The molecule has 0 saturated carbocycles. The highest BCUT2D eigenvalue weighted by atomic mass is 31.2. The quantitative estimate of drug-likeness (QED) is 0.446. The smallest absolute Gasteiger partial charge is 0.305 e. The summed E-state index contributed by atoms with van der Waals surface area (Å²) < 4.78 is 81.7. The van der Waals surface area contributed by atoms with Crippen LogP contribution in [0.25, 0.3) is 0 Å². The average molecular weight is 363 g/mol. The number of alkyl halides is 6. The Morgan fingerprint density at radius 3 is 1.59 bits per heavy atom. The van der Waals surface area contributed by atoms with Crippen LogP contribution in [0.2, 0.25) is 0 Å². The third-order valence-electron chi connectivity index (χ3n) is 2.84. The molecule has 1 atom stereocenters. The molecule has 0 bridgehead atoms. The zero-order chi connectivity index (χ0) is 18.4. The molecule has 4 N–H and O–H groups in total. The summed E-state index contributed by atoms with van der Waals surface area (Å²) in [6, 6.07) is -1.24. The molecule has 136 valence electrons. The van der Waals surface area contributed by atoms with Gasteiger partial charge in [0.15, 0.2) is 0 Å². The normalized spacial score (nSPS) is 15.1. The second-order valence-corrected chi connectivity index (χ2v) is 6.25. The van der Waals surface area contributed by atoms with E-state index in [0.29, 0.717) is 6.42 Å². The maximum atomic E-state index is 12.3. The van der Waals surface area contributed by atoms with E-state index in [-0.39, 0.29) is 0 Å². The molecule has 0 aromatic rings. The molecular formula is C10H20F6NO4P. The molecule has 0 aromatic heterocycles. The second kappa shape index (κ2) is 8.49. The molecule has 0 aromatic carbocycles. The van der Waals surface area contributed by atoms with Gasteiger partial charge in [0, 0.05) is 6.04 Å². The Morgan fingerprint density at radius 1 is 1.00 bits per heavy atom. The van der Waals surface area contributed by atoms with Crippen molar-refractivity contribution in [2.45, 2.75) is 52.0 Å². The van der Waals surface area contributed by atoms with E-state index in [0.717, 1.165) is 0 Å². The van der Waals surface area contributed by atoms with E-state index in [1.807, 2.05) is 5.32 Å². The highest BCUT2D eigenvalue weighted by molar-refractivity contribution is 7.45. The third-order valence-corrected chi connectivity index (χ3v) is 2.84. The number of hydrogen-bond donors (Lipinski definition) is 4. The molecular weight excluding hydrogens is 343 g/mol. The zero-order valence-electron chi connectivity index (χ0n) is 12.2. The highest BCUT2D eigenvalue weighted by Gasteiger charge is 2.40. The van der Waals surface area contributed by atoms with Crippen molar-refractivity contribution in [2.75, 3.05) is 6.54 Å². The number of halogens is 6. The summed E-state index contributed by atoms with van der Waals surface area (Å²) in [5.41, 5.74) is -0.846. The van der Waals surface area contributed by atoms with E-state index in [1.165, 1.54) is 13.8 Å². The first kappa shape index (κ1) is 23.9. The van der Waals surface area contributed by atoms with Gasteiger partial charge in [0.2, 0.25) is 0 Å². The molecule has 0 radical (unpaired) electrons. The van der Waals surface area contributed by atoms with E-state index in [1.54, 1.807) is 6.92 Å². The summed E-state index contributed by atoms with van der Waals surface area (Å²) in [5, 5.41) is 1.96. The molecule has 1 unspecified atom stereocenters. The van der Waals surface area contributed by atoms with Gasteiger partial charge in [0.05, 0.1) is 13.0 Å². The first-order chi connectivity index (χ1) is 9.37. The van der Waals surface area contributed by atoms with E-state index in [2.05, 4.69) is 0 Å². The van der Waals surface area contributed by atoms with E-state index < -0.39 is 44.6 Å². The molecule has 0 aliphatic rings. The van der Waals surface area contributed by atoms with Crippen molar-refractivity contribution in [2.24, 2.45) is 5.41 Å². The molecule has 5 nitrogen and oxygen atoms in total. The highest BCUT2D eigenvalue weighted by Crippen LogP contribution is 2.33. The lowest BCUT2D eigenvalue weighted by atomic mass is 9.80. The van der Waals surface area contributed by atoms with Crippen molar-refractivity contribution in [3.63, 3.8) is 0 Å². The van der Waals surface area contributed by atoms with Gasteiger partial charge < -0.3 is 20.0 Å². The van der Waals surface area contributed by atoms with Crippen molar-refractivity contribution in [3.8, 4) is 0 Å². The number of phosphoric acid groups is 1. The summed E-state index contributed by atoms with van der Waals surface area (Å²) >= 11 is 0. The summed E-state index contributed by atoms with van der Waals surface area (Å²) in [4.78, 5) is 21.6. The lowest BCUT2D eigenvalue weighted by Gasteiger charge is -2.35. The van der Waals surface area contributed by atoms with E-state index in [4.69, 9.17) is 19.2 Å². The Morgan fingerprint density at radius 2 is 1.36 bits per heavy atom. The van der Waals surface area contributed by atoms with Crippen molar-refractivity contribution in [1.29, 1.82) is 0 Å². The molecule has 0 saturated heterocycles. The fraction of sp³-hybridized carbons (Fsp3) is 1.00. The Bertz CT molecular complexity index is 357. The molecule has 0 amide bonds. The van der Waals surface area contributed by atoms with E-state index >= 15 is 0 Å². The largest absolute Gasteiger partial charge is 0.466 e. The molecule has 12 heteroatoms. The van der Waals surface area contributed by atoms with Gasteiger partial charge in [-0.15, -0.1) is 0 Å². The van der Waals surface area contributed by atoms with Crippen LogP contribution in [0.5, 0.6) is 0 Å². The first-order valence-electron chi connectivity index (χ1n) is 6.02. The minimum atomic E-state index is -4.64. The molecule has 0 spiro atoms. The Hall–Kier alpha value is -0.350. The maximum Gasteiger partial charge on any atom is 0.466 e. The zero-order valence-corrected chi connectivity index (χ0v) is 13.1. The van der Waals surface area contributed by atoms with Crippen LogP contribution in [-0.4, -0.2) is 39.6 Å². The Balaban J connectivity index is 0. The van der Waals surface area contributed by atoms with Gasteiger partial charge in [-0.3, -0.25) is 0 Å². The molecule has 0 rings (SSSR count). The van der Waals surface area contributed by atoms with Gasteiger partial charge >= 0.3 is 20.2 Å². The van der Waals surface area contributed by atoms with Gasteiger partial charge in [0.1, 0.15) is 0 Å². The lowest BCUT2D eigenvalue weighted by molar-refractivity contribution is -0.155. The minimum Gasteiger partial charge on any atom is -0.305 e. The maximum absolute atomic E-state index is 12.3. The fourth-order valence-corrected chi connectivity index (χ4v) is 1.34. The van der Waals surface area contributed by atoms with Gasteiger partial charge in [-0.1, -0.05) is 20.8 Å². The van der Waals surface area contributed by atoms with Gasteiger partial charge in [-0.05, 0) is 11.8 Å². The molecule has 0 aliphatic carbocycles. The summed E-state index contributed by atoms with van der Waals surface area (Å²) in [6.07, 6.45) is -9.88. The van der Waals surface area contributed by atoms with Crippen molar-refractivity contribution in [3.05, 3.63) is 0 Å². The standard InChI is InChI=1S/C10H17F6N.H3O4P/c1-4-8(2,3)7(5-9(11,12)13)17-6-10(14,15)16;1-5(2,3)4/h7,17H,4-6H2,1-3H3;(H3,1,2,3,4). The molecule has 22 heavy (non-hydrogen) atoms. The first-order valence-corrected chi connectivity index (χ1v) is 7.59. The second-order valence-electron chi connectivity index (χ2n) is 5.22. The summed E-state index contributed by atoms with van der Waals surface area (Å²) in [7, 11) is -4.64. The number of hydrogen-bond acceptors (Lipinski definition) is 2. The topological polar surface area (TPSA) is 89.8 Å². The molecule has 0 fully saturated rings. The van der Waals surface area contributed by atoms with Crippen LogP contribution >= 0.6 is 7.82 Å². The summed E-state index contributed by atoms with van der Waals surface area (Å²) in [6.45, 7) is 3.29. The van der Waals surface area contributed by atoms with Crippen LogP contribution in [0.1, 0.15) is 33.6 Å². The SMILES string of the molecule is CCC(C)(C)C(CC(F)(F)F)NCC(F)(F)F.O=P(O)(O)O.